The lowest BCUT2D eigenvalue weighted by molar-refractivity contribution is -0.138. The minimum absolute atomic E-state index is 0.116. The third-order valence-corrected chi connectivity index (χ3v) is 8.96. The number of aromatic nitrogens is 7. The van der Waals surface area contributed by atoms with E-state index in [0.29, 0.717) is 45.9 Å². The van der Waals surface area contributed by atoms with Gasteiger partial charge in [-0.15, -0.1) is 5.10 Å². The number of likely N-dealkylation sites (tertiary alicyclic amines) is 1. The van der Waals surface area contributed by atoms with Gasteiger partial charge in [0, 0.05) is 42.1 Å². The summed E-state index contributed by atoms with van der Waals surface area (Å²) in [7, 11) is 0. The van der Waals surface area contributed by atoms with Crippen LogP contribution in [0.4, 0.5) is 5.82 Å². The first-order valence-corrected chi connectivity index (χ1v) is 14.5. The zero-order valence-corrected chi connectivity index (χ0v) is 24.2. The van der Waals surface area contributed by atoms with Crippen LogP contribution in [0, 0.1) is 12.3 Å². The molecular formula is C28H28BrN9O3. The number of hydrogen-bond acceptors (Lipinski definition) is 8. The summed E-state index contributed by atoms with van der Waals surface area (Å²) < 4.78 is 3.98. The maximum atomic E-state index is 14.0. The summed E-state index contributed by atoms with van der Waals surface area (Å²) in [6.07, 6.45) is 8.75. The van der Waals surface area contributed by atoms with Gasteiger partial charge in [0.05, 0.1) is 24.0 Å². The monoisotopic (exact) mass is 617 g/mol. The lowest BCUT2D eigenvalue weighted by Gasteiger charge is -2.27. The van der Waals surface area contributed by atoms with Gasteiger partial charge in [0.2, 0.25) is 11.8 Å². The number of fused-ring (bicyclic) bond motifs is 2. The fourth-order valence-corrected chi connectivity index (χ4v) is 6.47. The van der Waals surface area contributed by atoms with Crippen molar-refractivity contribution in [1.29, 1.82) is 0 Å². The number of carbonyl (C=O) groups excluding carboxylic acids is 3. The van der Waals surface area contributed by atoms with Gasteiger partial charge in [-0.3, -0.25) is 28.7 Å². The Kier molecular flexibility index (Phi) is 6.03. The van der Waals surface area contributed by atoms with Crippen molar-refractivity contribution < 1.29 is 14.4 Å². The summed E-state index contributed by atoms with van der Waals surface area (Å²) in [6, 6.07) is 4.59. The smallest absolute Gasteiger partial charge is 0.248 e. The van der Waals surface area contributed by atoms with Crippen LogP contribution in [0.5, 0.6) is 0 Å². The molecule has 5 heterocycles. The molecule has 4 aromatic rings. The van der Waals surface area contributed by atoms with E-state index < -0.39 is 6.04 Å². The summed E-state index contributed by atoms with van der Waals surface area (Å²) in [6.45, 7) is 3.79. The Morgan fingerprint density at radius 2 is 2.00 bits per heavy atom. The fraction of sp³-hybridized carbons (Fsp3) is 0.429. The molecule has 0 radical (unpaired) electrons. The molecule has 3 atom stereocenters. The molecule has 2 saturated carbocycles. The van der Waals surface area contributed by atoms with Gasteiger partial charge in [-0.05, 0) is 66.2 Å². The SMILES string of the molecule is CC(=O)c1nn(CC(=O)N2C(C(=O)Nc3nc(Br)ccc3C)C[C@@]3(Cn4cc(C5CC5)nn4)C[C@@H]23)c2cnccc12. The number of nitrogens with one attached hydrogen (secondary N) is 1. The molecule has 2 aliphatic carbocycles. The third kappa shape index (κ3) is 4.61. The van der Waals surface area contributed by atoms with Crippen molar-refractivity contribution in [2.75, 3.05) is 5.32 Å². The van der Waals surface area contributed by atoms with Crippen LogP contribution in [0.2, 0.25) is 0 Å². The maximum Gasteiger partial charge on any atom is 0.248 e. The number of aryl methyl sites for hydroxylation is 1. The van der Waals surface area contributed by atoms with E-state index in [0.717, 1.165) is 30.5 Å². The van der Waals surface area contributed by atoms with E-state index in [-0.39, 0.29) is 35.6 Å². The summed E-state index contributed by atoms with van der Waals surface area (Å²) in [5.41, 5.74) is 2.44. The molecule has 0 aromatic carbocycles. The van der Waals surface area contributed by atoms with Crippen LogP contribution in [0.25, 0.3) is 10.9 Å². The Labute approximate surface area is 243 Å². The van der Waals surface area contributed by atoms with Crippen molar-refractivity contribution in [3.05, 3.63) is 58.3 Å². The second-order valence-corrected chi connectivity index (χ2v) is 12.3. The Morgan fingerprint density at radius 3 is 2.78 bits per heavy atom. The molecule has 12 nitrogen and oxygen atoms in total. The number of ketones is 1. The number of halogens is 1. The van der Waals surface area contributed by atoms with Crippen molar-refractivity contribution >= 4 is 50.2 Å². The summed E-state index contributed by atoms with van der Waals surface area (Å²) >= 11 is 3.37. The molecule has 1 N–H and O–H groups in total. The van der Waals surface area contributed by atoms with Crippen LogP contribution in [0.15, 0.2) is 41.4 Å². The van der Waals surface area contributed by atoms with Gasteiger partial charge in [-0.2, -0.15) is 5.10 Å². The quantitative estimate of drug-likeness (QED) is 0.235. The highest BCUT2D eigenvalue weighted by molar-refractivity contribution is 9.10. The van der Waals surface area contributed by atoms with E-state index >= 15 is 0 Å². The van der Waals surface area contributed by atoms with Crippen LogP contribution in [-0.2, 0) is 22.7 Å². The van der Waals surface area contributed by atoms with Crippen molar-refractivity contribution in [1.82, 2.24) is 39.6 Å². The predicted molar refractivity (Wildman–Crippen MR) is 151 cm³/mol. The minimum atomic E-state index is -0.694. The lowest BCUT2D eigenvalue weighted by Crippen LogP contribution is -2.47. The van der Waals surface area contributed by atoms with Crippen LogP contribution in [-0.4, -0.2) is 69.3 Å². The van der Waals surface area contributed by atoms with Gasteiger partial charge in [0.15, 0.2) is 5.78 Å². The molecule has 0 spiro atoms. The minimum Gasteiger partial charge on any atom is -0.325 e. The summed E-state index contributed by atoms with van der Waals surface area (Å²) in [5, 5.41) is 16.8. The topological polar surface area (TPSA) is 141 Å². The number of rotatable bonds is 8. The Hall–Kier alpha value is -4.00. The second kappa shape index (κ2) is 9.54. The first-order valence-electron chi connectivity index (χ1n) is 13.7. The van der Waals surface area contributed by atoms with Gasteiger partial charge in [-0.1, -0.05) is 11.3 Å². The number of anilines is 1. The predicted octanol–water partition coefficient (Wildman–Crippen LogP) is 3.27. The van der Waals surface area contributed by atoms with Crippen molar-refractivity contribution in [3.63, 3.8) is 0 Å². The highest BCUT2D eigenvalue weighted by Gasteiger charge is 2.67. The van der Waals surface area contributed by atoms with Gasteiger partial charge in [0.1, 0.15) is 28.7 Å². The van der Waals surface area contributed by atoms with Crippen molar-refractivity contribution in [2.24, 2.45) is 5.41 Å². The van der Waals surface area contributed by atoms with Crippen LogP contribution < -0.4 is 5.32 Å². The van der Waals surface area contributed by atoms with Gasteiger partial charge in [0.25, 0.3) is 0 Å². The fourth-order valence-electron chi connectivity index (χ4n) is 6.16. The molecule has 7 rings (SSSR count). The number of piperidine rings is 1. The normalized spacial score (nSPS) is 23.0. The number of nitrogens with zero attached hydrogens (tertiary/aromatic N) is 8. The molecule has 3 fully saturated rings. The Morgan fingerprint density at radius 1 is 1.17 bits per heavy atom. The van der Waals surface area contributed by atoms with Crippen LogP contribution in [0.1, 0.15) is 60.3 Å². The van der Waals surface area contributed by atoms with Gasteiger partial charge in [-0.25, -0.2) is 4.98 Å². The molecule has 41 heavy (non-hydrogen) atoms. The lowest BCUT2D eigenvalue weighted by atomic mass is 9.99. The average molecular weight is 618 g/mol. The van der Waals surface area contributed by atoms with E-state index in [1.807, 2.05) is 29.9 Å². The molecule has 0 bridgehead atoms. The van der Waals surface area contributed by atoms with E-state index in [1.165, 1.54) is 11.6 Å². The average Bonchev–Trinajstić information content (AvgIpc) is 3.78. The molecule has 210 valence electrons. The van der Waals surface area contributed by atoms with E-state index in [1.54, 1.807) is 23.4 Å². The van der Waals surface area contributed by atoms with Crippen LogP contribution >= 0.6 is 15.9 Å². The highest BCUT2D eigenvalue weighted by Crippen LogP contribution is 2.60. The largest absolute Gasteiger partial charge is 0.325 e. The molecule has 1 unspecified atom stereocenters. The first kappa shape index (κ1) is 25.9. The maximum absolute atomic E-state index is 14.0. The molecular weight excluding hydrogens is 590 g/mol. The molecule has 3 aliphatic rings. The number of carbonyl (C=O) groups is 3. The molecule has 2 amide bonds. The van der Waals surface area contributed by atoms with Gasteiger partial charge >= 0.3 is 0 Å². The third-order valence-electron chi connectivity index (χ3n) is 8.51. The number of Topliss-reactive ketones (excluding diaryl/α,β-unsaturated/α-hetero) is 1. The number of hydrogen-bond donors (Lipinski definition) is 1. The molecule has 4 aromatic heterocycles. The van der Waals surface area contributed by atoms with E-state index in [2.05, 4.69) is 46.6 Å². The summed E-state index contributed by atoms with van der Waals surface area (Å²) in [4.78, 5) is 50.3. The number of amides is 2. The van der Waals surface area contributed by atoms with Crippen LogP contribution in [0.3, 0.4) is 0 Å². The Bertz CT molecular complexity index is 1730. The van der Waals surface area contributed by atoms with Gasteiger partial charge < -0.3 is 10.2 Å². The number of pyridine rings is 2. The highest BCUT2D eigenvalue weighted by atomic mass is 79.9. The molecule has 1 saturated heterocycles. The van der Waals surface area contributed by atoms with Crippen molar-refractivity contribution in [3.8, 4) is 0 Å². The van der Waals surface area contributed by atoms with Crippen molar-refractivity contribution in [2.45, 2.75) is 70.6 Å². The Balaban J connectivity index is 1.18. The van der Waals surface area contributed by atoms with E-state index in [9.17, 15) is 14.4 Å². The molecule has 13 heteroatoms. The first-order chi connectivity index (χ1) is 19.7. The standard InChI is InChI=1S/C28H28BrN9O3/c1-15-3-6-23(29)31-26(15)32-27(41)20-9-28(14-36-12-19(33-35-36)17-4-5-17)10-22(28)38(20)24(40)13-37-21-11-30-8-7-18(21)25(34-37)16(2)39/h3,6-8,11-12,17,20,22H,4-5,9-10,13-14H2,1-2H3,(H,31,32,41)/t20?,22-,28+/m1/s1. The zero-order chi connectivity index (χ0) is 28.5. The zero-order valence-electron chi connectivity index (χ0n) is 22.6. The summed E-state index contributed by atoms with van der Waals surface area (Å²) in [5.74, 6) is 0.228. The molecule has 1 aliphatic heterocycles. The van der Waals surface area contributed by atoms with E-state index in [4.69, 9.17) is 0 Å². The second-order valence-electron chi connectivity index (χ2n) is 11.5.